The van der Waals surface area contributed by atoms with Crippen LogP contribution < -0.4 is 15.4 Å². The summed E-state index contributed by atoms with van der Waals surface area (Å²) in [6.07, 6.45) is 3.93. The molecule has 1 unspecified atom stereocenters. The van der Waals surface area contributed by atoms with Crippen molar-refractivity contribution in [3.05, 3.63) is 18.2 Å². The molecule has 1 aromatic carbocycles. The lowest BCUT2D eigenvalue weighted by atomic mass is 10.0. The van der Waals surface area contributed by atoms with Crippen molar-refractivity contribution in [2.45, 2.75) is 33.1 Å². The highest BCUT2D eigenvalue weighted by Gasteiger charge is 2.22. The van der Waals surface area contributed by atoms with Crippen molar-refractivity contribution in [2.75, 3.05) is 30.3 Å². The van der Waals surface area contributed by atoms with Gasteiger partial charge in [-0.15, -0.1) is 0 Å². The van der Waals surface area contributed by atoms with Crippen LogP contribution in [0.4, 0.5) is 11.4 Å². The molecule has 1 atom stereocenters. The van der Waals surface area contributed by atoms with Crippen LogP contribution in [0.2, 0.25) is 0 Å². The third-order valence-electron chi connectivity index (χ3n) is 3.64. The van der Waals surface area contributed by atoms with Crippen molar-refractivity contribution in [3.8, 4) is 5.75 Å². The maximum absolute atomic E-state index is 5.91. The predicted molar refractivity (Wildman–Crippen MR) is 77.3 cm³/mol. The molecule has 0 amide bonds. The number of rotatable bonds is 5. The lowest BCUT2D eigenvalue weighted by Gasteiger charge is -2.20. The van der Waals surface area contributed by atoms with Crippen LogP contribution >= 0.6 is 0 Å². The Kier molecular flexibility index (Phi) is 4.34. The lowest BCUT2D eigenvalue weighted by Crippen LogP contribution is -2.19. The third kappa shape index (κ3) is 2.89. The van der Waals surface area contributed by atoms with Crippen molar-refractivity contribution in [1.29, 1.82) is 0 Å². The number of hydrogen-bond donors (Lipinski definition) is 1. The van der Waals surface area contributed by atoms with Crippen LogP contribution in [-0.4, -0.2) is 19.7 Å². The van der Waals surface area contributed by atoms with Gasteiger partial charge in [-0.05, 0) is 37.8 Å². The number of nitrogens with zero attached hydrogens (tertiary/aromatic N) is 1. The van der Waals surface area contributed by atoms with Gasteiger partial charge in [0.2, 0.25) is 0 Å². The number of benzene rings is 1. The molecule has 18 heavy (non-hydrogen) atoms. The van der Waals surface area contributed by atoms with E-state index in [9.17, 15) is 0 Å². The molecule has 1 fully saturated rings. The molecular formula is C15H24N2O. The summed E-state index contributed by atoms with van der Waals surface area (Å²) in [5.74, 6) is 1.66. The number of ether oxygens (including phenoxy) is 1. The largest absolute Gasteiger partial charge is 0.492 e. The Labute approximate surface area is 110 Å². The molecule has 1 aliphatic heterocycles. The number of nitrogen functional groups attached to an aromatic ring is 1. The first-order valence-corrected chi connectivity index (χ1v) is 7.01. The number of anilines is 2. The Morgan fingerprint density at radius 1 is 1.39 bits per heavy atom. The van der Waals surface area contributed by atoms with Crippen LogP contribution in [0.3, 0.4) is 0 Å². The monoisotopic (exact) mass is 248 g/mol. The molecule has 0 aromatic heterocycles. The average molecular weight is 248 g/mol. The molecule has 0 saturated carbocycles. The molecule has 0 aliphatic carbocycles. The Morgan fingerprint density at radius 3 is 2.94 bits per heavy atom. The van der Waals surface area contributed by atoms with Crippen LogP contribution in [0, 0.1) is 5.92 Å². The molecule has 1 saturated heterocycles. The number of nitrogens with two attached hydrogens (primary N) is 1. The van der Waals surface area contributed by atoms with E-state index < -0.39 is 0 Å². The minimum absolute atomic E-state index is 0.659. The molecule has 3 heteroatoms. The fourth-order valence-electron chi connectivity index (χ4n) is 2.71. The Bertz CT molecular complexity index is 392. The van der Waals surface area contributed by atoms with Crippen molar-refractivity contribution in [1.82, 2.24) is 0 Å². The van der Waals surface area contributed by atoms with Gasteiger partial charge in [-0.1, -0.05) is 13.3 Å². The topological polar surface area (TPSA) is 38.5 Å². The quantitative estimate of drug-likeness (QED) is 0.813. The molecular weight excluding hydrogens is 224 g/mol. The fraction of sp³-hybridized carbons (Fsp3) is 0.600. The zero-order valence-corrected chi connectivity index (χ0v) is 11.5. The van der Waals surface area contributed by atoms with Gasteiger partial charge in [0.15, 0.2) is 0 Å². The molecule has 1 aromatic rings. The van der Waals surface area contributed by atoms with Gasteiger partial charge in [0, 0.05) is 24.8 Å². The van der Waals surface area contributed by atoms with Gasteiger partial charge in [0.1, 0.15) is 5.75 Å². The molecule has 0 bridgehead atoms. The van der Waals surface area contributed by atoms with Crippen molar-refractivity contribution in [3.63, 3.8) is 0 Å². The van der Waals surface area contributed by atoms with Crippen molar-refractivity contribution in [2.24, 2.45) is 5.92 Å². The Morgan fingerprint density at radius 2 is 2.22 bits per heavy atom. The van der Waals surface area contributed by atoms with Gasteiger partial charge in [-0.2, -0.15) is 0 Å². The SMILES string of the molecule is CCCC1CCN(c2ccc(N)c(OCC)c2)C1. The second-order valence-electron chi connectivity index (χ2n) is 5.04. The second-order valence-corrected chi connectivity index (χ2v) is 5.04. The van der Waals surface area contributed by atoms with Gasteiger partial charge in [0.05, 0.1) is 12.3 Å². The first-order valence-electron chi connectivity index (χ1n) is 7.01. The van der Waals surface area contributed by atoms with Crippen molar-refractivity contribution < 1.29 is 4.74 Å². The fourth-order valence-corrected chi connectivity index (χ4v) is 2.71. The highest BCUT2D eigenvalue weighted by molar-refractivity contribution is 5.62. The molecule has 100 valence electrons. The van der Waals surface area contributed by atoms with E-state index in [1.54, 1.807) is 0 Å². The Balaban J connectivity index is 2.07. The zero-order chi connectivity index (χ0) is 13.0. The highest BCUT2D eigenvalue weighted by Crippen LogP contribution is 2.31. The Hall–Kier alpha value is -1.38. The second kappa shape index (κ2) is 5.98. The van der Waals surface area contributed by atoms with Crippen LogP contribution in [0.15, 0.2) is 18.2 Å². The van der Waals surface area contributed by atoms with E-state index in [1.807, 2.05) is 13.0 Å². The highest BCUT2D eigenvalue weighted by atomic mass is 16.5. The van der Waals surface area contributed by atoms with E-state index >= 15 is 0 Å². The minimum atomic E-state index is 0.659. The zero-order valence-electron chi connectivity index (χ0n) is 11.5. The normalized spacial score (nSPS) is 19.2. The summed E-state index contributed by atoms with van der Waals surface area (Å²) in [6, 6.07) is 6.13. The van der Waals surface area contributed by atoms with E-state index in [-0.39, 0.29) is 0 Å². The lowest BCUT2D eigenvalue weighted by molar-refractivity contribution is 0.342. The molecule has 1 heterocycles. The molecule has 3 nitrogen and oxygen atoms in total. The maximum Gasteiger partial charge on any atom is 0.144 e. The van der Waals surface area contributed by atoms with Crippen LogP contribution in [0.1, 0.15) is 33.1 Å². The molecule has 0 spiro atoms. The summed E-state index contributed by atoms with van der Waals surface area (Å²) in [6.45, 7) is 7.23. The molecule has 0 radical (unpaired) electrons. The van der Waals surface area contributed by atoms with E-state index in [2.05, 4.69) is 24.0 Å². The standard InChI is InChI=1S/C15H24N2O/c1-3-5-12-8-9-17(11-12)13-6-7-14(16)15(10-13)18-4-2/h6-7,10,12H,3-5,8-9,11,16H2,1-2H3. The van der Waals surface area contributed by atoms with Crippen LogP contribution in [-0.2, 0) is 0 Å². The average Bonchev–Trinajstić information content (AvgIpc) is 2.81. The van der Waals surface area contributed by atoms with E-state index in [4.69, 9.17) is 10.5 Å². The molecule has 2 N–H and O–H groups in total. The van der Waals surface area contributed by atoms with Gasteiger partial charge in [-0.25, -0.2) is 0 Å². The first-order chi connectivity index (χ1) is 8.74. The van der Waals surface area contributed by atoms with Gasteiger partial charge in [-0.3, -0.25) is 0 Å². The van der Waals surface area contributed by atoms with Gasteiger partial charge in [0.25, 0.3) is 0 Å². The molecule has 2 rings (SSSR count). The number of hydrogen-bond acceptors (Lipinski definition) is 3. The smallest absolute Gasteiger partial charge is 0.144 e. The summed E-state index contributed by atoms with van der Waals surface area (Å²) in [7, 11) is 0. The van der Waals surface area contributed by atoms with E-state index in [1.165, 1.54) is 31.5 Å². The van der Waals surface area contributed by atoms with Gasteiger partial charge >= 0.3 is 0 Å². The van der Waals surface area contributed by atoms with E-state index in [0.29, 0.717) is 6.61 Å². The minimum Gasteiger partial charge on any atom is -0.492 e. The third-order valence-corrected chi connectivity index (χ3v) is 3.64. The van der Waals surface area contributed by atoms with E-state index in [0.717, 1.165) is 23.9 Å². The summed E-state index contributed by atoms with van der Waals surface area (Å²) < 4.78 is 5.56. The van der Waals surface area contributed by atoms with Gasteiger partial charge < -0.3 is 15.4 Å². The molecule has 1 aliphatic rings. The summed E-state index contributed by atoms with van der Waals surface area (Å²) in [4.78, 5) is 2.45. The van der Waals surface area contributed by atoms with Crippen molar-refractivity contribution >= 4 is 11.4 Å². The summed E-state index contributed by atoms with van der Waals surface area (Å²) in [5.41, 5.74) is 7.87. The predicted octanol–water partition coefficient (Wildman–Crippen LogP) is 3.29. The summed E-state index contributed by atoms with van der Waals surface area (Å²) >= 11 is 0. The van der Waals surface area contributed by atoms with Crippen LogP contribution in [0.25, 0.3) is 0 Å². The maximum atomic E-state index is 5.91. The summed E-state index contributed by atoms with van der Waals surface area (Å²) in [5, 5.41) is 0. The van der Waals surface area contributed by atoms with Crippen LogP contribution in [0.5, 0.6) is 5.75 Å². The first kappa shape index (κ1) is 13.1.